The fraction of sp³-hybridized carbons (Fsp3) is 0.143. The van der Waals surface area contributed by atoms with Crippen LogP contribution in [0, 0.1) is 0 Å². The molecule has 6 nitrogen and oxygen atoms in total. The lowest BCUT2D eigenvalue weighted by molar-refractivity contribution is 0.111. The van der Waals surface area contributed by atoms with Gasteiger partial charge in [0.25, 0.3) is 0 Å². The van der Waals surface area contributed by atoms with E-state index in [-0.39, 0.29) is 11.5 Å². The summed E-state index contributed by atoms with van der Waals surface area (Å²) in [5.41, 5.74) is 0. The van der Waals surface area contributed by atoms with E-state index in [0.717, 1.165) is 10.8 Å². The number of methoxy groups -OCH3 is 2. The molecule has 0 bridgehead atoms. The van der Waals surface area contributed by atoms with Gasteiger partial charge in [-0.05, 0) is 22.9 Å². The number of fused-ring (bicyclic) bond motifs is 1. The predicted octanol–water partition coefficient (Wildman–Crippen LogP) is 3.13. The molecule has 2 aromatic carbocycles. The molecule has 0 saturated heterocycles. The van der Waals surface area contributed by atoms with Crippen LogP contribution in [0.1, 0.15) is 0 Å². The third-order valence-corrected chi connectivity index (χ3v) is 2.53. The van der Waals surface area contributed by atoms with Crippen molar-refractivity contribution in [3.05, 3.63) is 36.4 Å². The first-order valence-electron chi connectivity index (χ1n) is 5.68. The molecule has 0 spiro atoms. The number of carbonyl (C=O) groups is 2. The lowest BCUT2D eigenvalue weighted by Gasteiger charge is -2.10. The van der Waals surface area contributed by atoms with Crippen molar-refractivity contribution in [3.63, 3.8) is 0 Å². The predicted molar refractivity (Wildman–Crippen MR) is 70.0 cm³/mol. The van der Waals surface area contributed by atoms with Crippen LogP contribution in [-0.4, -0.2) is 26.5 Å². The Balaban J connectivity index is 2.46. The van der Waals surface area contributed by atoms with Crippen molar-refractivity contribution < 1.29 is 28.5 Å². The average molecular weight is 276 g/mol. The molecule has 2 aromatic rings. The van der Waals surface area contributed by atoms with Crippen LogP contribution in [0.5, 0.6) is 11.5 Å². The van der Waals surface area contributed by atoms with E-state index in [2.05, 4.69) is 9.47 Å². The summed E-state index contributed by atoms with van der Waals surface area (Å²) in [7, 11) is 2.37. The standard InChI is InChI=1S/C14H12O6/c1-17-13(15)19-11-7-9-5-3-4-6-10(9)8-12(11)20-14(16)18-2/h3-8H,1-2H3. The van der Waals surface area contributed by atoms with Gasteiger partial charge in [0, 0.05) is 0 Å². The summed E-state index contributed by atoms with van der Waals surface area (Å²) in [6.45, 7) is 0. The normalized spacial score (nSPS) is 9.90. The van der Waals surface area contributed by atoms with Crippen molar-refractivity contribution in [2.75, 3.05) is 14.2 Å². The molecule has 0 saturated carbocycles. The van der Waals surface area contributed by atoms with E-state index in [1.54, 1.807) is 12.1 Å². The van der Waals surface area contributed by atoms with Crippen LogP contribution in [0.2, 0.25) is 0 Å². The molecule has 0 N–H and O–H groups in total. The van der Waals surface area contributed by atoms with Crippen molar-refractivity contribution >= 4 is 23.1 Å². The Morgan fingerprint density at radius 2 is 1.20 bits per heavy atom. The van der Waals surface area contributed by atoms with E-state index in [0.29, 0.717) is 0 Å². The van der Waals surface area contributed by atoms with Gasteiger partial charge in [-0.15, -0.1) is 0 Å². The van der Waals surface area contributed by atoms with Gasteiger partial charge < -0.3 is 18.9 Å². The summed E-state index contributed by atoms with van der Waals surface area (Å²) in [5.74, 6) is 0.141. The minimum absolute atomic E-state index is 0.0703. The molecule has 20 heavy (non-hydrogen) atoms. The molecule has 0 aliphatic heterocycles. The Hall–Kier alpha value is -2.76. The molecule has 0 amide bonds. The van der Waals surface area contributed by atoms with Gasteiger partial charge in [-0.3, -0.25) is 0 Å². The second-order valence-electron chi connectivity index (χ2n) is 3.76. The second-order valence-corrected chi connectivity index (χ2v) is 3.76. The number of rotatable bonds is 2. The maximum absolute atomic E-state index is 11.2. The topological polar surface area (TPSA) is 71.1 Å². The third-order valence-electron chi connectivity index (χ3n) is 2.53. The molecule has 0 aliphatic rings. The number of hydrogen-bond acceptors (Lipinski definition) is 6. The van der Waals surface area contributed by atoms with Crippen LogP contribution in [-0.2, 0) is 9.47 Å². The maximum atomic E-state index is 11.2. The highest BCUT2D eigenvalue weighted by Crippen LogP contribution is 2.33. The molecular formula is C14H12O6. The second kappa shape index (κ2) is 5.92. The minimum Gasteiger partial charge on any atom is -0.437 e. The van der Waals surface area contributed by atoms with Crippen LogP contribution in [0.3, 0.4) is 0 Å². The number of ether oxygens (including phenoxy) is 4. The maximum Gasteiger partial charge on any atom is 0.513 e. The lowest BCUT2D eigenvalue weighted by atomic mass is 10.1. The summed E-state index contributed by atoms with van der Waals surface area (Å²) >= 11 is 0. The molecule has 0 atom stereocenters. The van der Waals surface area contributed by atoms with Gasteiger partial charge in [-0.25, -0.2) is 9.59 Å². The van der Waals surface area contributed by atoms with Crippen molar-refractivity contribution in [1.29, 1.82) is 0 Å². The first-order chi connectivity index (χ1) is 9.63. The van der Waals surface area contributed by atoms with Crippen LogP contribution in [0.4, 0.5) is 9.59 Å². The van der Waals surface area contributed by atoms with Crippen LogP contribution >= 0.6 is 0 Å². The smallest absolute Gasteiger partial charge is 0.437 e. The molecule has 0 aliphatic carbocycles. The number of benzene rings is 2. The summed E-state index contributed by atoms with van der Waals surface area (Å²) in [6, 6.07) is 10.5. The zero-order valence-corrected chi connectivity index (χ0v) is 10.9. The van der Waals surface area contributed by atoms with Crippen molar-refractivity contribution in [2.45, 2.75) is 0 Å². The summed E-state index contributed by atoms with van der Waals surface area (Å²) in [6.07, 6.45) is -1.81. The average Bonchev–Trinajstić information content (AvgIpc) is 2.47. The van der Waals surface area contributed by atoms with Crippen LogP contribution in [0.25, 0.3) is 10.8 Å². The van der Waals surface area contributed by atoms with E-state index in [1.807, 2.05) is 24.3 Å². The zero-order chi connectivity index (χ0) is 14.5. The highest BCUT2D eigenvalue weighted by atomic mass is 16.7. The highest BCUT2D eigenvalue weighted by Gasteiger charge is 2.15. The quantitative estimate of drug-likeness (QED) is 0.620. The molecule has 2 rings (SSSR count). The Labute approximate surface area is 114 Å². The van der Waals surface area contributed by atoms with Gasteiger partial charge in [0.2, 0.25) is 0 Å². The van der Waals surface area contributed by atoms with E-state index in [4.69, 9.17) is 9.47 Å². The van der Waals surface area contributed by atoms with Gasteiger partial charge in [-0.2, -0.15) is 0 Å². The first kappa shape index (κ1) is 13.7. The van der Waals surface area contributed by atoms with Gasteiger partial charge in [0.1, 0.15) is 0 Å². The Morgan fingerprint density at radius 3 is 1.55 bits per heavy atom. The van der Waals surface area contributed by atoms with Gasteiger partial charge in [0.05, 0.1) is 14.2 Å². The first-order valence-corrected chi connectivity index (χ1v) is 5.68. The molecule has 0 aromatic heterocycles. The number of hydrogen-bond donors (Lipinski definition) is 0. The SMILES string of the molecule is COC(=O)Oc1cc2ccccc2cc1OC(=O)OC. The summed E-state index contributed by atoms with van der Waals surface area (Å²) in [4.78, 5) is 22.4. The Morgan fingerprint density at radius 1 is 0.800 bits per heavy atom. The lowest BCUT2D eigenvalue weighted by Crippen LogP contribution is -2.11. The minimum atomic E-state index is -0.907. The molecule has 0 radical (unpaired) electrons. The van der Waals surface area contributed by atoms with Crippen molar-refractivity contribution in [3.8, 4) is 11.5 Å². The highest BCUT2D eigenvalue weighted by molar-refractivity contribution is 5.87. The fourth-order valence-corrected chi connectivity index (χ4v) is 1.62. The van der Waals surface area contributed by atoms with E-state index < -0.39 is 12.3 Å². The fourth-order valence-electron chi connectivity index (χ4n) is 1.62. The molecule has 0 heterocycles. The largest absolute Gasteiger partial charge is 0.513 e. The monoisotopic (exact) mass is 276 g/mol. The Kier molecular flexibility index (Phi) is 4.05. The van der Waals surface area contributed by atoms with Gasteiger partial charge in [-0.1, -0.05) is 24.3 Å². The van der Waals surface area contributed by atoms with Gasteiger partial charge >= 0.3 is 12.3 Å². The van der Waals surface area contributed by atoms with Crippen molar-refractivity contribution in [2.24, 2.45) is 0 Å². The zero-order valence-electron chi connectivity index (χ0n) is 10.9. The number of carbonyl (C=O) groups excluding carboxylic acids is 2. The summed E-state index contributed by atoms with van der Waals surface area (Å²) < 4.78 is 18.7. The Bertz CT molecular complexity index is 593. The van der Waals surface area contributed by atoms with Crippen molar-refractivity contribution in [1.82, 2.24) is 0 Å². The van der Waals surface area contributed by atoms with Crippen LogP contribution in [0.15, 0.2) is 36.4 Å². The molecule has 0 unspecified atom stereocenters. The van der Waals surface area contributed by atoms with Crippen LogP contribution < -0.4 is 9.47 Å². The van der Waals surface area contributed by atoms with E-state index >= 15 is 0 Å². The molecular weight excluding hydrogens is 264 g/mol. The molecule has 0 fully saturated rings. The molecule has 6 heteroatoms. The van der Waals surface area contributed by atoms with E-state index in [1.165, 1.54) is 14.2 Å². The molecule has 104 valence electrons. The van der Waals surface area contributed by atoms with Gasteiger partial charge in [0.15, 0.2) is 11.5 Å². The third kappa shape index (κ3) is 2.97. The van der Waals surface area contributed by atoms with E-state index in [9.17, 15) is 9.59 Å². The summed E-state index contributed by atoms with van der Waals surface area (Å²) in [5, 5.41) is 1.65.